The number of phenolic OH excluding ortho intramolecular Hbond substituents is 1. The minimum Gasteiger partial charge on any atom is -0.508 e. The number of hydrogen-bond donors (Lipinski definition) is 3. The van der Waals surface area contributed by atoms with Crippen molar-refractivity contribution in [1.29, 1.82) is 0 Å². The molecule has 0 bridgehead atoms. The summed E-state index contributed by atoms with van der Waals surface area (Å²) in [6.45, 7) is 9.64. The van der Waals surface area contributed by atoms with Gasteiger partial charge in [0.15, 0.2) is 5.78 Å². The molecule has 13 heteroatoms. The molecule has 0 aliphatic carbocycles. The second kappa shape index (κ2) is 18.4. The second-order valence-electron chi connectivity index (χ2n) is 15.6. The number of aromatic nitrogens is 1. The van der Waals surface area contributed by atoms with Gasteiger partial charge in [0.2, 0.25) is 0 Å². The molecule has 0 atom stereocenters. The van der Waals surface area contributed by atoms with E-state index < -0.39 is 11.9 Å². The molecule has 5 aromatic rings. The Hall–Kier alpha value is -4.10. The maximum Gasteiger partial charge on any atom is 0.573 e. The third-order valence-electron chi connectivity index (χ3n) is 11.6. The van der Waals surface area contributed by atoms with Gasteiger partial charge in [-0.15, -0.1) is 13.2 Å². The number of rotatable bonds is 15. The Morgan fingerprint density at radius 1 is 0.879 bits per heavy atom. The van der Waals surface area contributed by atoms with Crippen LogP contribution in [0.1, 0.15) is 54.4 Å². The lowest BCUT2D eigenvalue weighted by atomic mass is 9.82. The minimum absolute atomic E-state index is 0.224. The van der Waals surface area contributed by atoms with E-state index in [4.69, 9.17) is 23.2 Å². The summed E-state index contributed by atoms with van der Waals surface area (Å²) in [7, 11) is 0. The van der Waals surface area contributed by atoms with Crippen LogP contribution in [0.3, 0.4) is 0 Å². The highest BCUT2D eigenvalue weighted by Gasteiger charge is 2.38. The number of nitrogens with zero attached hydrogens (tertiary/aromatic N) is 3. The van der Waals surface area contributed by atoms with Crippen molar-refractivity contribution in [3.63, 3.8) is 0 Å². The summed E-state index contributed by atoms with van der Waals surface area (Å²) in [4.78, 5) is 18.7. The van der Waals surface area contributed by atoms with Crippen LogP contribution in [-0.4, -0.2) is 76.4 Å². The number of ether oxygens (including phenoxy) is 1. The van der Waals surface area contributed by atoms with Gasteiger partial charge in [-0.3, -0.25) is 14.6 Å². The van der Waals surface area contributed by atoms with E-state index in [0.717, 1.165) is 116 Å². The Kier molecular flexibility index (Phi) is 13.4. The van der Waals surface area contributed by atoms with E-state index in [0.29, 0.717) is 36.1 Å². The number of Topliss-reactive ketones (excluding diaryl/α,β-unsaturated/α-hetero) is 1. The second-order valence-corrected chi connectivity index (χ2v) is 16.4. The summed E-state index contributed by atoms with van der Waals surface area (Å²) in [5, 5.41) is 19.3. The van der Waals surface area contributed by atoms with Crippen LogP contribution in [0.5, 0.6) is 11.5 Å². The Morgan fingerprint density at radius 3 is 2.22 bits per heavy atom. The lowest BCUT2D eigenvalue weighted by Gasteiger charge is -2.37. The number of carbonyl (C=O) groups is 1. The molecule has 2 fully saturated rings. The standard InChI is InChI=1S/C45H50Cl2F3N5O3/c1-31-25-32(9-15-42(31)56)27-52-44(16-18-51-19-17-44)43(57)7-2-3-20-55-30-37(34-10-12-35(13-11-34)58-45(48,49)50)36-26-33(8-14-41(36)55)28-53-21-23-54(24-22-53)29-38-39(46)5-4-6-40(38)47/h4-6,8-15,25-26,30,51-52,56H,2-3,7,16-24,27-29H2,1H3. The molecule has 7 rings (SSSR count). The van der Waals surface area contributed by atoms with Crippen LogP contribution in [0, 0.1) is 6.92 Å². The van der Waals surface area contributed by atoms with Crippen molar-refractivity contribution in [2.24, 2.45) is 0 Å². The van der Waals surface area contributed by atoms with Crippen molar-refractivity contribution in [3.05, 3.63) is 117 Å². The predicted molar refractivity (Wildman–Crippen MR) is 224 cm³/mol. The van der Waals surface area contributed by atoms with Gasteiger partial charge in [0, 0.05) is 97.1 Å². The number of carbonyl (C=O) groups excluding carboxylic acids is 1. The molecule has 1 aromatic heterocycles. The van der Waals surface area contributed by atoms with Gasteiger partial charge in [-0.25, -0.2) is 0 Å². The van der Waals surface area contributed by atoms with E-state index in [1.807, 2.05) is 37.3 Å². The summed E-state index contributed by atoms with van der Waals surface area (Å²) >= 11 is 12.9. The highest BCUT2D eigenvalue weighted by molar-refractivity contribution is 6.36. The van der Waals surface area contributed by atoms with Crippen LogP contribution in [0.15, 0.2) is 85.1 Å². The number of piperazine rings is 1. The van der Waals surface area contributed by atoms with Gasteiger partial charge in [-0.05, 0) is 110 Å². The number of benzene rings is 4. The number of nitrogens with one attached hydrogen (secondary N) is 2. The largest absolute Gasteiger partial charge is 0.573 e. The fraction of sp³-hybridized carbons (Fsp3) is 0.400. The van der Waals surface area contributed by atoms with Gasteiger partial charge in [0.1, 0.15) is 11.5 Å². The summed E-state index contributed by atoms with van der Waals surface area (Å²) < 4.78 is 45.2. The van der Waals surface area contributed by atoms with Crippen LogP contribution in [0.4, 0.5) is 13.2 Å². The molecule has 4 aromatic carbocycles. The molecule has 3 N–H and O–H groups in total. The lowest BCUT2D eigenvalue weighted by Crippen LogP contribution is -2.57. The van der Waals surface area contributed by atoms with Gasteiger partial charge in [-0.1, -0.05) is 59.6 Å². The van der Waals surface area contributed by atoms with Crippen LogP contribution in [-0.2, 0) is 31.0 Å². The normalized spacial score (nSPS) is 16.5. The maximum atomic E-state index is 13.9. The smallest absolute Gasteiger partial charge is 0.508 e. The molecule has 8 nitrogen and oxygen atoms in total. The maximum absolute atomic E-state index is 13.9. The first-order valence-electron chi connectivity index (χ1n) is 20.0. The molecular formula is C45H50Cl2F3N5O3. The van der Waals surface area contributed by atoms with Crippen molar-refractivity contribution in [2.45, 2.75) is 77.1 Å². The topological polar surface area (TPSA) is 82.0 Å². The summed E-state index contributed by atoms with van der Waals surface area (Å²) in [5.74, 6) is 0.220. The molecule has 2 aliphatic heterocycles. The van der Waals surface area contributed by atoms with E-state index in [1.165, 1.54) is 12.1 Å². The summed E-state index contributed by atoms with van der Waals surface area (Å²) in [6, 6.07) is 23.7. The molecular weight excluding hydrogens is 786 g/mol. The molecule has 3 heterocycles. The number of fused-ring (bicyclic) bond motifs is 1. The number of ketones is 1. The van der Waals surface area contributed by atoms with Crippen molar-refractivity contribution in [2.75, 3.05) is 39.3 Å². The fourth-order valence-corrected chi connectivity index (χ4v) is 8.80. The average Bonchev–Trinajstić information content (AvgIpc) is 3.56. The summed E-state index contributed by atoms with van der Waals surface area (Å²) in [5.41, 5.74) is 6.09. The molecule has 2 aliphatic rings. The fourth-order valence-electron chi connectivity index (χ4n) is 8.28. The molecule has 0 saturated carbocycles. The van der Waals surface area contributed by atoms with E-state index in [9.17, 15) is 23.1 Å². The van der Waals surface area contributed by atoms with Gasteiger partial charge in [0.05, 0.1) is 5.54 Å². The zero-order valence-electron chi connectivity index (χ0n) is 32.7. The highest BCUT2D eigenvalue weighted by Crippen LogP contribution is 2.35. The quantitative estimate of drug-likeness (QED) is 0.0908. The van der Waals surface area contributed by atoms with Crippen molar-refractivity contribution in [3.8, 4) is 22.6 Å². The minimum atomic E-state index is -4.77. The van der Waals surface area contributed by atoms with Crippen molar-refractivity contribution < 1.29 is 27.8 Å². The SMILES string of the molecule is Cc1cc(CNC2(C(=O)CCCCn3cc(-c4ccc(OC(F)(F)F)cc4)c4cc(CN5CCN(Cc6c(Cl)cccc6Cl)CC5)ccc43)CCNCC2)ccc1O. The molecule has 0 spiro atoms. The van der Waals surface area contributed by atoms with Crippen LogP contribution >= 0.6 is 23.2 Å². The summed E-state index contributed by atoms with van der Waals surface area (Å²) in [6.07, 6.45) is 0.703. The first-order chi connectivity index (χ1) is 27.9. The van der Waals surface area contributed by atoms with Crippen molar-refractivity contribution >= 4 is 39.9 Å². The lowest BCUT2D eigenvalue weighted by molar-refractivity contribution is -0.274. The van der Waals surface area contributed by atoms with E-state index in [-0.39, 0.29) is 17.3 Å². The molecule has 0 amide bonds. The Bertz CT molecular complexity index is 2180. The number of phenols is 1. The van der Waals surface area contributed by atoms with Crippen LogP contribution < -0.4 is 15.4 Å². The third kappa shape index (κ3) is 10.4. The molecule has 58 heavy (non-hydrogen) atoms. The molecule has 0 unspecified atom stereocenters. The van der Waals surface area contributed by atoms with Crippen LogP contribution in [0.25, 0.3) is 22.0 Å². The highest BCUT2D eigenvalue weighted by atomic mass is 35.5. The number of piperidine rings is 1. The van der Waals surface area contributed by atoms with Gasteiger partial charge in [-0.2, -0.15) is 0 Å². The van der Waals surface area contributed by atoms with Gasteiger partial charge in [0.25, 0.3) is 0 Å². The number of aromatic hydroxyl groups is 1. The van der Waals surface area contributed by atoms with Gasteiger partial charge >= 0.3 is 6.36 Å². The molecule has 308 valence electrons. The number of unbranched alkanes of at least 4 members (excludes halogenated alkanes) is 1. The van der Waals surface area contributed by atoms with E-state index >= 15 is 0 Å². The van der Waals surface area contributed by atoms with Crippen LogP contribution in [0.2, 0.25) is 10.0 Å². The Balaban J connectivity index is 1.03. The molecule has 2 saturated heterocycles. The average molecular weight is 837 g/mol. The number of aryl methyl sites for hydroxylation is 2. The number of alkyl halides is 3. The van der Waals surface area contributed by atoms with Crippen molar-refractivity contribution in [1.82, 2.24) is 25.0 Å². The Labute approximate surface area is 347 Å². The predicted octanol–water partition coefficient (Wildman–Crippen LogP) is 9.50. The third-order valence-corrected chi connectivity index (χ3v) is 12.3. The first kappa shape index (κ1) is 42.0. The number of hydrogen-bond acceptors (Lipinski definition) is 7. The zero-order valence-corrected chi connectivity index (χ0v) is 34.2. The molecule has 0 radical (unpaired) electrons. The number of halogens is 5. The zero-order chi connectivity index (χ0) is 40.9. The monoisotopic (exact) mass is 835 g/mol. The Morgan fingerprint density at radius 2 is 1.55 bits per heavy atom. The van der Waals surface area contributed by atoms with E-state index in [2.05, 4.69) is 54.1 Å². The van der Waals surface area contributed by atoms with E-state index in [1.54, 1.807) is 18.2 Å². The van der Waals surface area contributed by atoms with Gasteiger partial charge < -0.3 is 25.0 Å². The first-order valence-corrected chi connectivity index (χ1v) is 20.7.